The van der Waals surface area contributed by atoms with Crippen LogP contribution in [0.15, 0.2) is 29.2 Å². The molecule has 1 atom stereocenters. The van der Waals surface area contributed by atoms with Crippen LogP contribution in [0.2, 0.25) is 0 Å². The Kier molecular flexibility index (Phi) is 4.07. The third-order valence-electron chi connectivity index (χ3n) is 1.90. The molecule has 0 spiro atoms. The van der Waals surface area contributed by atoms with E-state index in [9.17, 15) is 8.42 Å². The summed E-state index contributed by atoms with van der Waals surface area (Å²) in [5, 5.41) is 8.99. The molecule has 1 aromatic rings. The number of aliphatic hydroxyl groups is 1. The van der Waals surface area contributed by atoms with Gasteiger partial charge in [-0.1, -0.05) is 5.92 Å². The molecule has 2 N–H and O–H groups in total. The molecule has 5 heteroatoms. The van der Waals surface area contributed by atoms with Gasteiger partial charge in [-0.25, -0.2) is 13.1 Å². The van der Waals surface area contributed by atoms with Gasteiger partial charge >= 0.3 is 0 Å². The van der Waals surface area contributed by atoms with Gasteiger partial charge in [-0.3, -0.25) is 0 Å². The number of rotatable bonds is 4. The molecule has 0 aliphatic carbocycles. The molecule has 0 bridgehead atoms. The second-order valence-electron chi connectivity index (χ2n) is 3.37. The van der Waals surface area contributed by atoms with Gasteiger partial charge in [0.15, 0.2) is 0 Å². The van der Waals surface area contributed by atoms with E-state index in [0.717, 1.165) is 0 Å². The first kappa shape index (κ1) is 12.7. The number of aliphatic hydroxyl groups excluding tert-OH is 1. The lowest BCUT2D eigenvalue weighted by atomic mass is 10.2. The van der Waals surface area contributed by atoms with Crippen LogP contribution < -0.4 is 4.72 Å². The summed E-state index contributed by atoms with van der Waals surface area (Å²) in [6.07, 6.45) is 4.44. The van der Waals surface area contributed by atoms with Crippen molar-refractivity contribution in [2.24, 2.45) is 0 Å². The maximum Gasteiger partial charge on any atom is 0.240 e. The standard InChI is InChI=1S/C11H13NO3S/c1-3-10-4-6-11(7-5-10)16(14,15)12-8-9(2)13/h1,4-7,9,12-13H,8H2,2H3. The molecule has 0 heterocycles. The van der Waals surface area contributed by atoms with Crippen molar-refractivity contribution in [2.45, 2.75) is 17.9 Å². The van der Waals surface area contributed by atoms with E-state index in [1.807, 2.05) is 0 Å². The predicted octanol–water partition coefficient (Wildman–Crippen LogP) is 0.327. The van der Waals surface area contributed by atoms with Gasteiger partial charge in [-0.05, 0) is 31.2 Å². The number of terminal acetylenes is 1. The summed E-state index contributed by atoms with van der Waals surface area (Å²) in [5.74, 6) is 2.40. The van der Waals surface area contributed by atoms with Crippen LogP contribution in [0.25, 0.3) is 0 Å². The third-order valence-corrected chi connectivity index (χ3v) is 3.34. The van der Waals surface area contributed by atoms with Crippen LogP contribution in [0.5, 0.6) is 0 Å². The van der Waals surface area contributed by atoms with E-state index in [0.29, 0.717) is 5.56 Å². The fourth-order valence-electron chi connectivity index (χ4n) is 1.04. The molecule has 0 amide bonds. The van der Waals surface area contributed by atoms with E-state index in [1.54, 1.807) is 12.1 Å². The van der Waals surface area contributed by atoms with E-state index in [4.69, 9.17) is 11.5 Å². The number of benzene rings is 1. The Labute approximate surface area is 95.4 Å². The molecule has 16 heavy (non-hydrogen) atoms. The van der Waals surface area contributed by atoms with Crippen LogP contribution in [0, 0.1) is 12.3 Å². The highest BCUT2D eigenvalue weighted by atomic mass is 32.2. The van der Waals surface area contributed by atoms with E-state index in [1.165, 1.54) is 19.1 Å². The molecule has 0 radical (unpaired) electrons. The molecule has 1 aromatic carbocycles. The highest BCUT2D eigenvalue weighted by molar-refractivity contribution is 7.89. The summed E-state index contributed by atoms with van der Waals surface area (Å²) in [6, 6.07) is 5.97. The van der Waals surface area contributed by atoms with Crippen LogP contribution in [0.1, 0.15) is 12.5 Å². The third kappa shape index (κ3) is 3.35. The van der Waals surface area contributed by atoms with E-state index < -0.39 is 16.1 Å². The smallest absolute Gasteiger partial charge is 0.240 e. The second-order valence-corrected chi connectivity index (χ2v) is 5.14. The van der Waals surface area contributed by atoms with E-state index in [2.05, 4.69) is 10.6 Å². The van der Waals surface area contributed by atoms with Gasteiger partial charge in [0.25, 0.3) is 0 Å². The highest BCUT2D eigenvalue weighted by Gasteiger charge is 2.13. The highest BCUT2D eigenvalue weighted by Crippen LogP contribution is 2.09. The summed E-state index contributed by atoms with van der Waals surface area (Å²) < 4.78 is 25.6. The molecule has 0 aliphatic rings. The number of nitrogens with one attached hydrogen (secondary N) is 1. The summed E-state index contributed by atoms with van der Waals surface area (Å²) in [7, 11) is -3.56. The summed E-state index contributed by atoms with van der Waals surface area (Å²) >= 11 is 0. The van der Waals surface area contributed by atoms with Gasteiger partial charge in [-0.2, -0.15) is 0 Å². The Hall–Kier alpha value is -1.35. The van der Waals surface area contributed by atoms with Crippen LogP contribution in [0.3, 0.4) is 0 Å². The maximum atomic E-state index is 11.7. The molecular formula is C11H13NO3S. The van der Waals surface area contributed by atoms with Crippen LogP contribution >= 0.6 is 0 Å². The Morgan fingerprint density at radius 3 is 2.44 bits per heavy atom. The average Bonchev–Trinajstić information content (AvgIpc) is 2.27. The van der Waals surface area contributed by atoms with Gasteiger partial charge in [0.05, 0.1) is 11.0 Å². The number of hydrogen-bond donors (Lipinski definition) is 2. The quantitative estimate of drug-likeness (QED) is 0.744. The predicted molar refractivity (Wildman–Crippen MR) is 61.2 cm³/mol. The summed E-state index contributed by atoms with van der Waals surface area (Å²) in [5.41, 5.74) is 0.620. The Morgan fingerprint density at radius 2 is 2.00 bits per heavy atom. The van der Waals surface area contributed by atoms with Crippen molar-refractivity contribution in [1.82, 2.24) is 4.72 Å². The molecule has 0 fully saturated rings. The van der Waals surface area contributed by atoms with Crippen LogP contribution in [-0.2, 0) is 10.0 Å². The lowest BCUT2D eigenvalue weighted by molar-refractivity contribution is 0.198. The summed E-state index contributed by atoms with van der Waals surface area (Å²) in [4.78, 5) is 0.132. The first-order valence-corrected chi connectivity index (χ1v) is 6.18. The molecule has 0 aliphatic heterocycles. The SMILES string of the molecule is C#Cc1ccc(S(=O)(=O)NCC(C)O)cc1. The van der Waals surface area contributed by atoms with Gasteiger partial charge in [-0.15, -0.1) is 6.42 Å². The fourth-order valence-corrected chi connectivity index (χ4v) is 2.17. The van der Waals surface area contributed by atoms with Gasteiger partial charge < -0.3 is 5.11 Å². The van der Waals surface area contributed by atoms with Crippen molar-refractivity contribution in [2.75, 3.05) is 6.54 Å². The largest absolute Gasteiger partial charge is 0.392 e. The average molecular weight is 239 g/mol. The summed E-state index contributed by atoms with van der Waals surface area (Å²) in [6.45, 7) is 1.49. The van der Waals surface area contributed by atoms with Gasteiger partial charge in [0.1, 0.15) is 0 Å². The van der Waals surface area contributed by atoms with Crippen molar-refractivity contribution < 1.29 is 13.5 Å². The van der Waals surface area contributed by atoms with E-state index in [-0.39, 0.29) is 11.4 Å². The normalized spacial score (nSPS) is 13.1. The number of hydrogen-bond acceptors (Lipinski definition) is 3. The topological polar surface area (TPSA) is 66.4 Å². The van der Waals surface area contributed by atoms with Crippen LogP contribution in [-0.4, -0.2) is 26.2 Å². The zero-order valence-corrected chi connectivity index (χ0v) is 9.66. The first-order chi connectivity index (χ1) is 7.45. The van der Waals surface area contributed by atoms with Crippen molar-refractivity contribution in [3.63, 3.8) is 0 Å². The zero-order chi connectivity index (χ0) is 12.2. The molecule has 1 unspecified atom stereocenters. The van der Waals surface area contributed by atoms with Crippen LogP contribution in [0.4, 0.5) is 0 Å². The fraction of sp³-hybridized carbons (Fsp3) is 0.273. The number of sulfonamides is 1. The minimum absolute atomic E-state index is 0.0147. The molecular weight excluding hydrogens is 226 g/mol. The van der Waals surface area contributed by atoms with Gasteiger partial charge in [0.2, 0.25) is 10.0 Å². The molecule has 0 saturated carbocycles. The minimum Gasteiger partial charge on any atom is -0.392 e. The Morgan fingerprint density at radius 1 is 1.44 bits per heavy atom. The zero-order valence-electron chi connectivity index (χ0n) is 8.84. The molecule has 1 rings (SSSR count). The first-order valence-electron chi connectivity index (χ1n) is 4.70. The lowest BCUT2D eigenvalue weighted by Crippen LogP contribution is -2.30. The Bertz CT molecular complexity index is 483. The van der Waals surface area contributed by atoms with Crippen molar-refractivity contribution in [1.29, 1.82) is 0 Å². The van der Waals surface area contributed by atoms with Gasteiger partial charge in [0, 0.05) is 12.1 Å². The molecule has 4 nitrogen and oxygen atoms in total. The molecule has 0 saturated heterocycles. The monoisotopic (exact) mass is 239 g/mol. The van der Waals surface area contributed by atoms with Crippen molar-refractivity contribution >= 4 is 10.0 Å². The van der Waals surface area contributed by atoms with Crippen molar-refractivity contribution in [3.05, 3.63) is 29.8 Å². The maximum absolute atomic E-state index is 11.7. The molecule has 0 aromatic heterocycles. The minimum atomic E-state index is -3.56. The lowest BCUT2D eigenvalue weighted by Gasteiger charge is -2.08. The van der Waals surface area contributed by atoms with E-state index >= 15 is 0 Å². The second kappa shape index (κ2) is 5.12. The Balaban J connectivity index is 2.87. The molecule has 86 valence electrons. The van der Waals surface area contributed by atoms with Crippen molar-refractivity contribution in [3.8, 4) is 12.3 Å².